The van der Waals surface area contributed by atoms with Crippen LogP contribution in [0, 0.1) is 17.3 Å². The van der Waals surface area contributed by atoms with Crippen LogP contribution in [0.2, 0.25) is 0 Å². The topological polar surface area (TPSA) is 154 Å². The van der Waals surface area contributed by atoms with Crippen molar-refractivity contribution in [1.29, 1.82) is 0 Å². The Balaban J connectivity index is 0.00000289. The zero-order chi connectivity index (χ0) is 44.5. The molecule has 3 aliphatic rings. The summed E-state index contributed by atoms with van der Waals surface area (Å²) in [5, 5.41) is 16.7. The number of likely N-dealkylation sites (tertiary alicyclic amines) is 1. The molecule has 360 valence electrons. The molecule has 1 aromatic heterocycles. The van der Waals surface area contributed by atoms with Gasteiger partial charge in [-0.3, -0.25) is 29.0 Å². The zero-order valence-electron chi connectivity index (χ0n) is 38.8. The minimum absolute atomic E-state index is 0. The molecule has 0 radical (unpaired) electrons. The van der Waals surface area contributed by atoms with E-state index in [9.17, 15) is 29.1 Å². The van der Waals surface area contributed by atoms with Gasteiger partial charge in [-0.2, -0.15) is 54.0 Å². The highest BCUT2D eigenvalue weighted by Crippen LogP contribution is 2.40. The standard InChI is InChI=1S/C49H60N6O7.4H2S/c1-8-42(57)53-21-19-34(28-53)46(59)52(7)43(30(3)4)45(58)50-40-24-31-22-35(25-36(56)23-31)33-17-18-41-37(26-33)38(44(54(41)9-2)32-14-11-10-12-15-32)27-49(5,6)29-62-48(61)39-16-13-20-55(51-39)47(40)60;;;;/h8,10-12,14-15,17-18,22-23,25-26,30,34,39-40,43,51,56H,1,9,13,16,19-21,24,27-29H2,2-7H3,(H,50,58);4*1H2/t34-,39-,40-,43-;;;;/m0..../s1. The number of rotatable bonds is 8. The number of amides is 4. The highest BCUT2D eigenvalue weighted by atomic mass is 32.1. The van der Waals surface area contributed by atoms with Crippen molar-refractivity contribution in [3.8, 4) is 28.1 Å². The van der Waals surface area contributed by atoms with Crippen LogP contribution in [-0.2, 0) is 48.1 Å². The molecular weight excluding hydrogens is 913 g/mol. The first-order valence-electron chi connectivity index (χ1n) is 21.9. The maximum atomic E-state index is 14.6. The van der Waals surface area contributed by atoms with E-state index in [0.29, 0.717) is 44.3 Å². The minimum Gasteiger partial charge on any atom is -0.508 e. The lowest BCUT2D eigenvalue weighted by Crippen LogP contribution is -2.62. The molecular formula is C49H68N6O7S4. The number of likely N-dealkylation sites (N-methyl/N-ethyl adjacent to an activating group) is 1. The Morgan fingerprint density at radius 1 is 0.970 bits per heavy atom. The normalized spacial score (nSPS) is 19.7. The molecule has 6 bridgehead atoms. The fourth-order valence-corrected chi connectivity index (χ4v) is 9.53. The van der Waals surface area contributed by atoms with Crippen molar-refractivity contribution < 1.29 is 33.8 Å². The van der Waals surface area contributed by atoms with Gasteiger partial charge < -0.3 is 29.5 Å². The number of hydrogen-bond acceptors (Lipinski definition) is 8. The summed E-state index contributed by atoms with van der Waals surface area (Å²) in [5.74, 6) is -2.77. The molecule has 0 saturated carbocycles. The van der Waals surface area contributed by atoms with Crippen LogP contribution < -0.4 is 10.7 Å². The molecule has 3 aliphatic heterocycles. The van der Waals surface area contributed by atoms with Gasteiger partial charge in [-0.15, -0.1) is 0 Å². The van der Waals surface area contributed by atoms with Crippen LogP contribution in [0.4, 0.5) is 0 Å². The molecule has 2 fully saturated rings. The molecule has 7 rings (SSSR count). The number of hydrogen-bond donors (Lipinski definition) is 3. The van der Waals surface area contributed by atoms with Crippen LogP contribution in [0.15, 0.2) is 79.4 Å². The summed E-state index contributed by atoms with van der Waals surface area (Å²) < 4.78 is 8.38. The monoisotopic (exact) mass is 980 g/mol. The lowest BCUT2D eigenvalue weighted by atomic mass is 9.84. The largest absolute Gasteiger partial charge is 0.508 e. The van der Waals surface area contributed by atoms with Gasteiger partial charge in [0.2, 0.25) is 17.7 Å². The van der Waals surface area contributed by atoms with Gasteiger partial charge in [0, 0.05) is 56.0 Å². The SMILES string of the molecule is C=CC(=O)N1CC[C@H](C(=O)N(C)[C@H](C(=O)N[C@H]2Cc3cc(O)cc(c3)-c3ccc4c(c3)c(c(-c3ccccc3)n4CC)CC(C)(C)COC(=O)[C@@H]3CCCN(N3)C2=O)C(C)C)C1.S.S.S.S. The molecule has 4 aromatic rings. The van der Waals surface area contributed by atoms with E-state index in [1.54, 1.807) is 24.1 Å². The summed E-state index contributed by atoms with van der Waals surface area (Å²) in [6.45, 7) is 15.4. The number of hydrazine groups is 1. The van der Waals surface area contributed by atoms with Crippen molar-refractivity contribution in [2.45, 2.75) is 91.4 Å². The predicted octanol–water partition coefficient (Wildman–Crippen LogP) is 6.32. The zero-order valence-corrected chi connectivity index (χ0v) is 42.8. The number of ether oxygens (including phenoxy) is 1. The highest BCUT2D eigenvalue weighted by Gasteiger charge is 2.40. The fourth-order valence-electron chi connectivity index (χ4n) is 9.53. The van der Waals surface area contributed by atoms with Gasteiger partial charge >= 0.3 is 5.97 Å². The molecule has 13 nitrogen and oxygen atoms in total. The van der Waals surface area contributed by atoms with Crippen molar-refractivity contribution in [2.75, 3.05) is 33.3 Å². The van der Waals surface area contributed by atoms with Crippen LogP contribution in [0.3, 0.4) is 0 Å². The predicted molar refractivity (Wildman–Crippen MR) is 280 cm³/mol. The van der Waals surface area contributed by atoms with E-state index in [0.717, 1.165) is 45.4 Å². The Morgan fingerprint density at radius 3 is 2.35 bits per heavy atom. The van der Waals surface area contributed by atoms with Gasteiger partial charge in [-0.05, 0) is 96.7 Å². The van der Waals surface area contributed by atoms with E-state index in [-0.39, 0.29) is 97.0 Å². The van der Waals surface area contributed by atoms with Gasteiger partial charge in [0.05, 0.1) is 18.2 Å². The first kappa shape index (κ1) is 55.8. The summed E-state index contributed by atoms with van der Waals surface area (Å²) in [6, 6.07) is 19.0. The first-order chi connectivity index (χ1) is 29.6. The summed E-state index contributed by atoms with van der Waals surface area (Å²) in [5.41, 5.74) is 9.23. The van der Waals surface area contributed by atoms with Gasteiger partial charge in [0.25, 0.3) is 5.91 Å². The summed E-state index contributed by atoms with van der Waals surface area (Å²) in [7, 11) is 1.58. The summed E-state index contributed by atoms with van der Waals surface area (Å²) >= 11 is 0. The maximum absolute atomic E-state index is 14.6. The number of fused-ring (bicyclic) bond motifs is 6. The van der Waals surface area contributed by atoms with E-state index in [1.165, 1.54) is 16.0 Å². The average molecular weight is 981 g/mol. The molecule has 4 amide bonds. The Hall–Kier alpha value is -4.55. The average Bonchev–Trinajstić information content (AvgIpc) is 3.87. The lowest BCUT2D eigenvalue weighted by Gasteiger charge is -2.37. The van der Waals surface area contributed by atoms with Gasteiger partial charge in [0.1, 0.15) is 23.9 Å². The second-order valence-electron chi connectivity index (χ2n) is 18.2. The Kier molecular flexibility index (Phi) is 19.8. The number of benzene rings is 3. The molecule has 17 heteroatoms. The van der Waals surface area contributed by atoms with Crippen LogP contribution in [0.1, 0.15) is 65.0 Å². The van der Waals surface area contributed by atoms with Crippen LogP contribution in [0.5, 0.6) is 5.75 Å². The number of phenols is 1. The molecule has 0 spiro atoms. The number of nitrogens with one attached hydrogen (secondary N) is 2. The smallest absolute Gasteiger partial charge is 0.324 e. The van der Waals surface area contributed by atoms with E-state index in [4.69, 9.17) is 4.74 Å². The number of cyclic esters (lactones) is 1. The van der Waals surface area contributed by atoms with E-state index >= 15 is 0 Å². The second kappa shape index (κ2) is 23.5. The Labute approximate surface area is 416 Å². The number of aromatic nitrogens is 1. The summed E-state index contributed by atoms with van der Waals surface area (Å²) in [6.07, 6.45) is 3.29. The van der Waals surface area contributed by atoms with Gasteiger partial charge in [-0.1, -0.05) is 76.7 Å². The minimum atomic E-state index is -1.14. The molecule has 2 saturated heterocycles. The third kappa shape index (κ3) is 11.9. The van der Waals surface area contributed by atoms with E-state index < -0.39 is 47.2 Å². The van der Waals surface area contributed by atoms with Gasteiger partial charge in [-0.25, -0.2) is 5.43 Å². The van der Waals surface area contributed by atoms with Crippen LogP contribution in [0.25, 0.3) is 33.3 Å². The van der Waals surface area contributed by atoms with Gasteiger partial charge in [0.15, 0.2) is 0 Å². The van der Waals surface area contributed by atoms with E-state index in [1.807, 2.05) is 44.2 Å². The van der Waals surface area contributed by atoms with Crippen LogP contribution in [-0.4, -0.2) is 105 Å². The molecule has 3 N–H and O–H groups in total. The van der Waals surface area contributed by atoms with Crippen molar-refractivity contribution in [1.82, 2.24) is 30.1 Å². The second-order valence-corrected chi connectivity index (χ2v) is 18.2. The van der Waals surface area contributed by atoms with Crippen molar-refractivity contribution in [3.63, 3.8) is 0 Å². The molecule has 3 aromatic carbocycles. The van der Waals surface area contributed by atoms with Crippen LogP contribution >= 0.6 is 54.0 Å². The van der Waals surface area contributed by atoms with Crippen molar-refractivity contribution in [2.24, 2.45) is 17.3 Å². The number of carbonyl (C=O) groups is 5. The van der Waals surface area contributed by atoms with E-state index in [2.05, 4.69) is 66.9 Å². The maximum Gasteiger partial charge on any atom is 0.324 e. The number of aryl methyl sites for hydroxylation is 1. The number of nitrogens with zero attached hydrogens (tertiary/aromatic N) is 4. The van der Waals surface area contributed by atoms with Crippen molar-refractivity contribution >= 4 is 94.5 Å². The molecule has 4 heterocycles. The molecule has 0 aliphatic carbocycles. The Bertz CT molecular complexity index is 2390. The molecule has 66 heavy (non-hydrogen) atoms. The number of esters is 1. The number of carbonyl (C=O) groups excluding carboxylic acids is 5. The third-order valence-electron chi connectivity index (χ3n) is 12.6. The molecule has 0 unspecified atom stereocenters. The highest BCUT2D eigenvalue weighted by molar-refractivity contribution is 7.59. The van der Waals surface area contributed by atoms with Crippen molar-refractivity contribution in [3.05, 3.63) is 90.5 Å². The first-order valence-corrected chi connectivity index (χ1v) is 21.9. The number of phenolic OH excluding ortho intramolecular Hbond substituents is 1. The fraction of sp³-hybridized carbons (Fsp3) is 0.449. The number of aromatic hydroxyl groups is 1. The lowest BCUT2D eigenvalue weighted by molar-refractivity contribution is -0.155. The quantitative estimate of drug-likeness (QED) is 0.137. The Morgan fingerprint density at radius 2 is 1.68 bits per heavy atom. The molecule has 4 atom stereocenters. The summed E-state index contributed by atoms with van der Waals surface area (Å²) in [4.78, 5) is 72.0. The third-order valence-corrected chi connectivity index (χ3v) is 12.6.